The van der Waals surface area contributed by atoms with E-state index in [1.807, 2.05) is 42.6 Å². The summed E-state index contributed by atoms with van der Waals surface area (Å²) in [5.74, 6) is -0.124. The molecule has 3 heterocycles. The van der Waals surface area contributed by atoms with Gasteiger partial charge in [-0.05, 0) is 29.8 Å². The molecule has 7 nitrogen and oxygen atoms in total. The second kappa shape index (κ2) is 6.79. The van der Waals surface area contributed by atoms with Gasteiger partial charge in [-0.25, -0.2) is 9.50 Å². The molecule has 0 atom stereocenters. The Morgan fingerprint density at radius 2 is 2.04 bits per heavy atom. The van der Waals surface area contributed by atoms with Crippen molar-refractivity contribution >= 4 is 22.5 Å². The number of carbonyl (C=O) groups is 1. The predicted molar refractivity (Wildman–Crippen MR) is 97.7 cm³/mol. The van der Waals surface area contributed by atoms with E-state index in [-0.39, 0.29) is 17.9 Å². The van der Waals surface area contributed by atoms with E-state index in [1.54, 1.807) is 16.8 Å². The molecule has 0 fully saturated rings. The molecular formula is C19H17N5O2. The third-order valence-electron chi connectivity index (χ3n) is 4.26. The number of pyridine rings is 1. The average molecular weight is 347 g/mol. The van der Waals surface area contributed by atoms with Gasteiger partial charge in [-0.1, -0.05) is 18.2 Å². The van der Waals surface area contributed by atoms with Crippen LogP contribution in [0, 0.1) is 0 Å². The second-order valence-electron chi connectivity index (χ2n) is 6.00. The van der Waals surface area contributed by atoms with Crippen molar-refractivity contribution in [2.45, 2.75) is 19.4 Å². The molecule has 0 aliphatic rings. The standard InChI is InChI=1S/C19H17N5O2/c25-18(20-12-13-4-3-11-24-17(13)9-10-21-24)8-7-16-19(26)23-15-6-2-1-5-14(15)22-16/h1-6,9-11H,7-8,12H2,(H,20,25)(H,23,26). The molecular weight excluding hydrogens is 330 g/mol. The van der Waals surface area contributed by atoms with Crippen LogP contribution in [0.15, 0.2) is 59.7 Å². The number of benzene rings is 1. The van der Waals surface area contributed by atoms with Crippen molar-refractivity contribution in [3.63, 3.8) is 0 Å². The van der Waals surface area contributed by atoms with Gasteiger partial charge in [0, 0.05) is 31.8 Å². The van der Waals surface area contributed by atoms with E-state index in [0.717, 1.165) is 16.6 Å². The Hall–Kier alpha value is -3.48. The summed E-state index contributed by atoms with van der Waals surface area (Å²) in [5, 5.41) is 7.06. The van der Waals surface area contributed by atoms with Crippen LogP contribution in [-0.4, -0.2) is 25.5 Å². The summed E-state index contributed by atoms with van der Waals surface area (Å²) in [6.45, 7) is 0.413. The van der Waals surface area contributed by atoms with Crippen LogP contribution in [0.5, 0.6) is 0 Å². The molecule has 7 heteroatoms. The highest BCUT2D eigenvalue weighted by molar-refractivity contribution is 5.77. The van der Waals surface area contributed by atoms with E-state index in [0.29, 0.717) is 24.2 Å². The molecule has 1 aromatic carbocycles. The summed E-state index contributed by atoms with van der Waals surface area (Å²) in [7, 11) is 0. The average Bonchev–Trinajstić information content (AvgIpc) is 3.14. The van der Waals surface area contributed by atoms with Crippen molar-refractivity contribution < 1.29 is 4.79 Å². The predicted octanol–water partition coefficient (Wildman–Crippen LogP) is 1.82. The lowest BCUT2D eigenvalue weighted by Gasteiger charge is -2.07. The van der Waals surface area contributed by atoms with E-state index >= 15 is 0 Å². The first kappa shape index (κ1) is 16.0. The lowest BCUT2D eigenvalue weighted by Crippen LogP contribution is -2.25. The second-order valence-corrected chi connectivity index (χ2v) is 6.00. The van der Waals surface area contributed by atoms with Crippen molar-refractivity contribution in [2.24, 2.45) is 0 Å². The number of hydrogen-bond acceptors (Lipinski definition) is 4. The Morgan fingerprint density at radius 1 is 1.15 bits per heavy atom. The quantitative estimate of drug-likeness (QED) is 0.576. The number of H-pyrrole nitrogens is 1. The minimum absolute atomic E-state index is 0.124. The number of carbonyl (C=O) groups excluding carboxylic acids is 1. The number of rotatable bonds is 5. The Bertz CT molecular complexity index is 1150. The number of amides is 1. The van der Waals surface area contributed by atoms with E-state index < -0.39 is 0 Å². The third kappa shape index (κ3) is 3.19. The molecule has 130 valence electrons. The molecule has 26 heavy (non-hydrogen) atoms. The summed E-state index contributed by atoms with van der Waals surface area (Å²) < 4.78 is 1.76. The zero-order valence-electron chi connectivity index (χ0n) is 14.0. The first-order valence-electron chi connectivity index (χ1n) is 8.36. The number of aromatic amines is 1. The minimum atomic E-state index is -0.250. The number of nitrogens with zero attached hydrogens (tertiary/aromatic N) is 3. The van der Waals surface area contributed by atoms with Crippen molar-refractivity contribution in [2.75, 3.05) is 0 Å². The van der Waals surface area contributed by atoms with Crippen LogP contribution in [0.25, 0.3) is 16.6 Å². The van der Waals surface area contributed by atoms with Crippen LogP contribution in [0.4, 0.5) is 0 Å². The Kier molecular flexibility index (Phi) is 4.18. The van der Waals surface area contributed by atoms with Crippen LogP contribution in [0.2, 0.25) is 0 Å². The summed E-state index contributed by atoms with van der Waals surface area (Å²) in [4.78, 5) is 31.4. The molecule has 0 saturated heterocycles. The van der Waals surface area contributed by atoms with E-state index in [9.17, 15) is 9.59 Å². The highest BCUT2D eigenvalue weighted by atomic mass is 16.1. The molecule has 0 saturated carbocycles. The lowest BCUT2D eigenvalue weighted by molar-refractivity contribution is -0.121. The van der Waals surface area contributed by atoms with E-state index in [2.05, 4.69) is 20.4 Å². The molecule has 4 aromatic rings. The highest BCUT2D eigenvalue weighted by Crippen LogP contribution is 2.10. The summed E-state index contributed by atoms with van der Waals surface area (Å²) >= 11 is 0. The number of aryl methyl sites for hydroxylation is 1. The molecule has 0 spiro atoms. The first-order chi connectivity index (χ1) is 12.7. The first-order valence-corrected chi connectivity index (χ1v) is 8.36. The van der Waals surface area contributed by atoms with Gasteiger partial charge in [-0.2, -0.15) is 5.10 Å². The van der Waals surface area contributed by atoms with Crippen molar-refractivity contribution in [1.82, 2.24) is 24.9 Å². The molecule has 0 unspecified atom stereocenters. The van der Waals surface area contributed by atoms with Gasteiger partial charge in [0.05, 0.1) is 16.6 Å². The topological polar surface area (TPSA) is 92.1 Å². The zero-order valence-corrected chi connectivity index (χ0v) is 14.0. The van der Waals surface area contributed by atoms with Gasteiger partial charge in [-0.3, -0.25) is 9.59 Å². The molecule has 0 aliphatic carbocycles. The van der Waals surface area contributed by atoms with Crippen molar-refractivity contribution in [1.29, 1.82) is 0 Å². The molecule has 2 N–H and O–H groups in total. The van der Waals surface area contributed by atoms with Gasteiger partial charge in [0.15, 0.2) is 0 Å². The summed E-state index contributed by atoms with van der Waals surface area (Å²) in [6, 6.07) is 13.1. The largest absolute Gasteiger partial charge is 0.352 e. The maximum absolute atomic E-state index is 12.2. The number of fused-ring (bicyclic) bond motifs is 2. The van der Waals surface area contributed by atoms with Gasteiger partial charge in [0.1, 0.15) is 5.69 Å². The molecule has 0 aliphatic heterocycles. The molecule has 1 amide bonds. The van der Waals surface area contributed by atoms with Crippen LogP contribution in [0.3, 0.4) is 0 Å². The zero-order chi connectivity index (χ0) is 17.9. The number of nitrogens with one attached hydrogen (secondary N) is 2. The molecule has 0 radical (unpaired) electrons. The van der Waals surface area contributed by atoms with Gasteiger partial charge in [-0.15, -0.1) is 0 Å². The number of para-hydroxylation sites is 2. The Morgan fingerprint density at radius 3 is 2.96 bits per heavy atom. The Labute approximate surface area is 148 Å². The van der Waals surface area contributed by atoms with Gasteiger partial charge >= 0.3 is 0 Å². The van der Waals surface area contributed by atoms with Crippen LogP contribution < -0.4 is 10.9 Å². The lowest BCUT2D eigenvalue weighted by atomic mass is 10.2. The highest BCUT2D eigenvalue weighted by Gasteiger charge is 2.09. The van der Waals surface area contributed by atoms with E-state index in [1.165, 1.54) is 0 Å². The number of aromatic nitrogens is 4. The fraction of sp³-hybridized carbons (Fsp3) is 0.158. The minimum Gasteiger partial charge on any atom is -0.352 e. The van der Waals surface area contributed by atoms with E-state index in [4.69, 9.17) is 0 Å². The Balaban J connectivity index is 1.40. The van der Waals surface area contributed by atoms with Crippen LogP contribution in [-0.2, 0) is 17.8 Å². The van der Waals surface area contributed by atoms with Gasteiger partial charge < -0.3 is 10.3 Å². The normalized spacial score (nSPS) is 11.1. The fourth-order valence-electron chi connectivity index (χ4n) is 2.91. The third-order valence-corrected chi connectivity index (χ3v) is 4.26. The molecule has 4 rings (SSSR count). The van der Waals surface area contributed by atoms with Gasteiger partial charge in [0.2, 0.25) is 5.91 Å². The molecule has 3 aromatic heterocycles. The van der Waals surface area contributed by atoms with Crippen molar-refractivity contribution in [3.8, 4) is 0 Å². The maximum atomic E-state index is 12.2. The monoisotopic (exact) mass is 347 g/mol. The van der Waals surface area contributed by atoms with Crippen molar-refractivity contribution in [3.05, 3.63) is 76.5 Å². The summed E-state index contributed by atoms with van der Waals surface area (Å²) in [5.41, 5.74) is 3.48. The fourth-order valence-corrected chi connectivity index (χ4v) is 2.91. The number of hydrogen-bond donors (Lipinski definition) is 2. The summed E-state index contributed by atoms with van der Waals surface area (Å²) in [6.07, 6.45) is 4.08. The van der Waals surface area contributed by atoms with Crippen LogP contribution >= 0.6 is 0 Å². The SMILES string of the molecule is O=C(CCc1nc2ccccc2[nH]c1=O)NCc1cccn2nccc12. The van der Waals surface area contributed by atoms with Crippen LogP contribution in [0.1, 0.15) is 17.7 Å². The smallest absolute Gasteiger partial charge is 0.270 e. The molecule has 0 bridgehead atoms. The maximum Gasteiger partial charge on any atom is 0.270 e. The van der Waals surface area contributed by atoms with Gasteiger partial charge in [0.25, 0.3) is 5.56 Å².